The van der Waals surface area contributed by atoms with Gasteiger partial charge in [0.2, 0.25) is 5.91 Å². The number of carbonyl (C=O) groups excluding carboxylic acids is 1. The smallest absolute Gasteiger partial charge is 0.246 e. The second-order valence-corrected chi connectivity index (χ2v) is 7.24. The molecule has 31 heavy (non-hydrogen) atoms. The number of anilines is 1. The van der Waals surface area contributed by atoms with E-state index in [0.29, 0.717) is 19.0 Å². The summed E-state index contributed by atoms with van der Waals surface area (Å²) < 4.78 is 45.2. The standard InChI is InChI=1S/C19H24F3N5O2S.HI/c1-5-23-19(27(3)9-12-10-30-18(25-12)11(2)29-4)24-8-15(28)26-14-7-6-13(20)16(21)17(14)22;/h6-7,10-11H,5,8-9H2,1-4H3,(H,23,24)(H,26,28);1H. The second kappa shape index (κ2) is 12.8. The molecule has 12 heteroatoms. The fourth-order valence-electron chi connectivity index (χ4n) is 2.43. The Morgan fingerprint density at radius 3 is 2.68 bits per heavy atom. The lowest BCUT2D eigenvalue weighted by Crippen LogP contribution is -2.39. The summed E-state index contributed by atoms with van der Waals surface area (Å²) in [6, 6.07) is 1.69. The molecule has 1 heterocycles. The van der Waals surface area contributed by atoms with Crippen molar-refractivity contribution in [3.63, 3.8) is 0 Å². The SMILES string of the molecule is CCNC(=NCC(=O)Nc1ccc(F)c(F)c1F)N(C)Cc1csc(C(C)OC)n1.I. The van der Waals surface area contributed by atoms with E-state index in [-0.39, 0.29) is 36.6 Å². The maximum atomic E-state index is 13.7. The first-order valence-electron chi connectivity index (χ1n) is 9.16. The van der Waals surface area contributed by atoms with Crippen LogP contribution in [-0.4, -0.2) is 49.0 Å². The molecular formula is C19H25F3IN5O2S. The highest BCUT2D eigenvalue weighted by atomic mass is 127. The van der Waals surface area contributed by atoms with E-state index in [1.807, 2.05) is 19.2 Å². The van der Waals surface area contributed by atoms with Gasteiger partial charge in [-0.15, -0.1) is 35.3 Å². The summed E-state index contributed by atoms with van der Waals surface area (Å²) in [6.07, 6.45) is -0.101. The lowest BCUT2D eigenvalue weighted by Gasteiger charge is -2.21. The molecule has 0 aliphatic heterocycles. The molecule has 0 bridgehead atoms. The minimum absolute atomic E-state index is 0. The number of ether oxygens (including phenoxy) is 1. The summed E-state index contributed by atoms with van der Waals surface area (Å²) in [7, 11) is 3.40. The predicted molar refractivity (Wildman–Crippen MR) is 125 cm³/mol. The number of hydrogen-bond acceptors (Lipinski definition) is 5. The van der Waals surface area contributed by atoms with Crippen LogP contribution in [0.3, 0.4) is 0 Å². The number of hydrogen-bond donors (Lipinski definition) is 2. The zero-order valence-electron chi connectivity index (χ0n) is 17.5. The Hall–Kier alpha value is -1.93. The molecule has 0 saturated heterocycles. The number of carbonyl (C=O) groups is 1. The molecule has 1 aromatic carbocycles. The molecule has 0 aliphatic carbocycles. The summed E-state index contributed by atoms with van der Waals surface area (Å²) in [6.45, 7) is 4.45. The van der Waals surface area contributed by atoms with E-state index in [4.69, 9.17) is 4.74 Å². The average molecular weight is 571 g/mol. The Balaban J connectivity index is 0.00000480. The molecule has 0 fully saturated rings. The Labute approximate surface area is 200 Å². The van der Waals surface area contributed by atoms with Crippen LogP contribution >= 0.6 is 35.3 Å². The van der Waals surface area contributed by atoms with Crippen molar-refractivity contribution in [3.8, 4) is 0 Å². The molecule has 1 unspecified atom stereocenters. The van der Waals surface area contributed by atoms with Gasteiger partial charge in [-0.05, 0) is 26.0 Å². The first kappa shape index (κ1) is 27.1. The zero-order valence-corrected chi connectivity index (χ0v) is 20.7. The number of guanidine groups is 1. The molecule has 2 rings (SSSR count). The fraction of sp³-hybridized carbons (Fsp3) is 0.421. The minimum atomic E-state index is -1.64. The Morgan fingerprint density at radius 2 is 2.03 bits per heavy atom. The van der Waals surface area contributed by atoms with Crippen LogP contribution in [0.5, 0.6) is 0 Å². The molecule has 7 nitrogen and oxygen atoms in total. The van der Waals surface area contributed by atoms with Gasteiger partial charge in [0.25, 0.3) is 0 Å². The van der Waals surface area contributed by atoms with Gasteiger partial charge in [-0.2, -0.15) is 0 Å². The maximum Gasteiger partial charge on any atom is 0.246 e. The number of benzene rings is 1. The number of aliphatic imine (C=N–C) groups is 1. The maximum absolute atomic E-state index is 13.7. The summed E-state index contributed by atoms with van der Waals surface area (Å²) >= 11 is 1.49. The van der Waals surface area contributed by atoms with Crippen molar-refractivity contribution < 1.29 is 22.7 Å². The van der Waals surface area contributed by atoms with Gasteiger partial charge in [-0.1, -0.05) is 0 Å². The topological polar surface area (TPSA) is 78.9 Å². The number of rotatable bonds is 8. The molecule has 0 spiro atoms. The molecule has 2 aromatic rings. The van der Waals surface area contributed by atoms with Crippen LogP contribution in [0.1, 0.15) is 30.7 Å². The van der Waals surface area contributed by atoms with E-state index in [0.717, 1.165) is 22.8 Å². The van der Waals surface area contributed by atoms with Crippen LogP contribution in [0.25, 0.3) is 0 Å². The minimum Gasteiger partial charge on any atom is -0.375 e. The number of aromatic nitrogens is 1. The Bertz CT molecular complexity index is 913. The molecule has 1 atom stereocenters. The van der Waals surface area contributed by atoms with Crippen molar-refractivity contribution in [2.45, 2.75) is 26.5 Å². The second-order valence-electron chi connectivity index (χ2n) is 6.35. The van der Waals surface area contributed by atoms with Crippen LogP contribution in [-0.2, 0) is 16.1 Å². The van der Waals surface area contributed by atoms with E-state index < -0.39 is 29.0 Å². The quantitative estimate of drug-likeness (QED) is 0.218. The van der Waals surface area contributed by atoms with E-state index in [9.17, 15) is 18.0 Å². The molecular weight excluding hydrogens is 546 g/mol. The number of thiazole rings is 1. The summed E-state index contributed by atoms with van der Waals surface area (Å²) in [5.74, 6) is -4.67. The van der Waals surface area contributed by atoms with Gasteiger partial charge >= 0.3 is 0 Å². The molecule has 0 saturated carbocycles. The molecule has 1 amide bonds. The monoisotopic (exact) mass is 571 g/mol. The zero-order chi connectivity index (χ0) is 22.3. The molecule has 1 aromatic heterocycles. The summed E-state index contributed by atoms with van der Waals surface area (Å²) in [5.41, 5.74) is 0.370. The van der Waals surface area contributed by atoms with Crippen LogP contribution in [0.4, 0.5) is 18.9 Å². The third-order valence-electron chi connectivity index (χ3n) is 4.05. The van der Waals surface area contributed by atoms with Crippen molar-refractivity contribution >= 4 is 52.9 Å². The highest BCUT2D eigenvalue weighted by Gasteiger charge is 2.16. The van der Waals surface area contributed by atoms with Crippen molar-refractivity contribution in [3.05, 3.63) is 45.7 Å². The number of methoxy groups -OCH3 is 1. The average Bonchev–Trinajstić information content (AvgIpc) is 3.19. The van der Waals surface area contributed by atoms with Gasteiger partial charge in [0.15, 0.2) is 23.4 Å². The van der Waals surface area contributed by atoms with Gasteiger partial charge in [0.1, 0.15) is 17.7 Å². The number of nitrogens with one attached hydrogen (secondary N) is 2. The van der Waals surface area contributed by atoms with Crippen molar-refractivity contribution in [1.29, 1.82) is 0 Å². The van der Waals surface area contributed by atoms with Crippen LogP contribution in [0, 0.1) is 17.5 Å². The third-order valence-corrected chi connectivity index (χ3v) is 5.10. The fourth-order valence-corrected chi connectivity index (χ4v) is 3.27. The van der Waals surface area contributed by atoms with Gasteiger partial charge in [0, 0.05) is 26.1 Å². The normalized spacial score (nSPS) is 12.2. The number of amides is 1. The van der Waals surface area contributed by atoms with E-state index in [1.165, 1.54) is 11.3 Å². The summed E-state index contributed by atoms with van der Waals surface area (Å²) in [5, 5.41) is 8.02. The summed E-state index contributed by atoms with van der Waals surface area (Å²) in [4.78, 5) is 22.6. The first-order chi connectivity index (χ1) is 14.3. The van der Waals surface area contributed by atoms with Crippen molar-refractivity contribution in [2.75, 3.05) is 32.6 Å². The molecule has 0 radical (unpaired) electrons. The Kier molecular flexibility index (Phi) is 11.2. The van der Waals surface area contributed by atoms with Crippen LogP contribution in [0.15, 0.2) is 22.5 Å². The molecule has 172 valence electrons. The number of nitrogens with zero attached hydrogens (tertiary/aromatic N) is 3. The van der Waals surface area contributed by atoms with Gasteiger partial charge in [-0.3, -0.25) is 4.79 Å². The highest BCUT2D eigenvalue weighted by molar-refractivity contribution is 14.0. The lowest BCUT2D eigenvalue weighted by molar-refractivity contribution is -0.114. The van der Waals surface area contributed by atoms with E-state index >= 15 is 0 Å². The van der Waals surface area contributed by atoms with Crippen LogP contribution < -0.4 is 10.6 Å². The predicted octanol–water partition coefficient (Wildman–Crippen LogP) is 3.92. The van der Waals surface area contributed by atoms with Gasteiger partial charge < -0.3 is 20.3 Å². The third kappa shape index (κ3) is 7.61. The number of halogens is 4. The Morgan fingerprint density at radius 1 is 1.32 bits per heavy atom. The van der Waals surface area contributed by atoms with E-state index in [1.54, 1.807) is 19.1 Å². The van der Waals surface area contributed by atoms with Gasteiger partial charge in [0.05, 0.1) is 17.9 Å². The highest BCUT2D eigenvalue weighted by Crippen LogP contribution is 2.21. The first-order valence-corrected chi connectivity index (χ1v) is 10.0. The molecule has 2 N–H and O–H groups in total. The van der Waals surface area contributed by atoms with Crippen molar-refractivity contribution in [2.24, 2.45) is 4.99 Å². The lowest BCUT2D eigenvalue weighted by atomic mass is 10.3. The molecule has 0 aliphatic rings. The van der Waals surface area contributed by atoms with E-state index in [2.05, 4.69) is 20.6 Å². The van der Waals surface area contributed by atoms with Crippen LogP contribution in [0.2, 0.25) is 0 Å². The van der Waals surface area contributed by atoms with Crippen molar-refractivity contribution in [1.82, 2.24) is 15.2 Å². The van der Waals surface area contributed by atoms with Gasteiger partial charge in [-0.25, -0.2) is 23.1 Å². The largest absolute Gasteiger partial charge is 0.375 e.